The van der Waals surface area contributed by atoms with E-state index in [1.807, 2.05) is 63.2 Å². The molecule has 2 aromatic carbocycles. The van der Waals surface area contributed by atoms with Gasteiger partial charge in [-0.05, 0) is 29.8 Å². The van der Waals surface area contributed by atoms with Gasteiger partial charge in [0.2, 0.25) is 0 Å². The first kappa shape index (κ1) is 19.5. The zero-order valence-electron chi connectivity index (χ0n) is 17.1. The number of carbonyl (C=O) groups excluding carboxylic acids is 1. The van der Waals surface area contributed by atoms with E-state index in [-0.39, 0.29) is 11.3 Å². The second-order valence-corrected chi connectivity index (χ2v) is 7.97. The summed E-state index contributed by atoms with van der Waals surface area (Å²) in [6.45, 7) is 6.01. The highest BCUT2D eigenvalue weighted by molar-refractivity contribution is 6.07. The topological polar surface area (TPSA) is 80.9 Å². The van der Waals surface area contributed by atoms with Crippen LogP contribution in [-0.4, -0.2) is 21.0 Å². The fraction of sp³-hybridized carbons (Fsp3) is 0.167. The van der Waals surface area contributed by atoms with Crippen molar-refractivity contribution >= 4 is 11.7 Å². The van der Waals surface area contributed by atoms with Crippen molar-refractivity contribution in [3.8, 4) is 22.6 Å². The highest BCUT2D eigenvalue weighted by Gasteiger charge is 2.23. The number of benzene rings is 2. The fourth-order valence-electron chi connectivity index (χ4n) is 2.96. The normalized spacial score (nSPS) is 11.3. The van der Waals surface area contributed by atoms with Gasteiger partial charge >= 0.3 is 0 Å². The van der Waals surface area contributed by atoms with Gasteiger partial charge in [0.25, 0.3) is 11.8 Å². The molecule has 150 valence electrons. The summed E-state index contributed by atoms with van der Waals surface area (Å²) in [7, 11) is 0. The molecule has 0 radical (unpaired) electrons. The third-order valence-electron chi connectivity index (χ3n) is 4.61. The van der Waals surface area contributed by atoms with Crippen molar-refractivity contribution < 1.29 is 9.32 Å². The Labute approximate surface area is 175 Å². The van der Waals surface area contributed by atoms with Gasteiger partial charge in [-0.25, -0.2) is 4.98 Å². The van der Waals surface area contributed by atoms with Crippen molar-refractivity contribution in [2.45, 2.75) is 26.2 Å². The van der Waals surface area contributed by atoms with Gasteiger partial charge in [-0.1, -0.05) is 68.4 Å². The molecule has 0 unspecified atom stereocenters. The van der Waals surface area contributed by atoms with Crippen molar-refractivity contribution in [3.63, 3.8) is 0 Å². The minimum Gasteiger partial charge on any atom is -0.334 e. The van der Waals surface area contributed by atoms with Crippen LogP contribution in [0, 0.1) is 0 Å². The predicted octanol–water partition coefficient (Wildman–Crippen LogP) is 5.35. The molecule has 1 amide bonds. The number of pyridine rings is 1. The van der Waals surface area contributed by atoms with Crippen LogP contribution in [0.3, 0.4) is 0 Å². The molecule has 0 fully saturated rings. The molecule has 0 bridgehead atoms. The molecule has 0 saturated heterocycles. The Balaban J connectivity index is 1.57. The van der Waals surface area contributed by atoms with Crippen molar-refractivity contribution in [2.24, 2.45) is 0 Å². The van der Waals surface area contributed by atoms with Crippen LogP contribution in [0.5, 0.6) is 0 Å². The van der Waals surface area contributed by atoms with Gasteiger partial charge in [-0.2, -0.15) is 4.98 Å². The monoisotopic (exact) mass is 398 g/mol. The lowest BCUT2D eigenvalue weighted by Crippen LogP contribution is -2.14. The molecular formula is C24H22N4O2. The summed E-state index contributed by atoms with van der Waals surface area (Å²) in [5, 5.41) is 6.90. The summed E-state index contributed by atoms with van der Waals surface area (Å²) >= 11 is 0. The number of carbonyl (C=O) groups is 1. The Hall–Kier alpha value is -3.80. The molecule has 6 heteroatoms. The van der Waals surface area contributed by atoms with E-state index in [2.05, 4.69) is 20.4 Å². The van der Waals surface area contributed by atoms with Crippen LogP contribution in [0.1, 0.15) is 37.0 Å². The standard InChI is InChI=1S/C24H22N4O2/c1-24(2,3)23-27-22(30-28-23)19-12-8-7-11-18(19)21(29)26-20-14-13-17(15-25-20)16-9-5-4-6-10-16/h4-15H,1-3H3,(H,25,26,29). The Morgan fingerprint density at radius 1 is 0.900 bits per heavy atom. The third kappa shape index (κ3) is 4.12. The Morgan fingerprint density at radius 2 is 1.63 bits per heavy atom. The summed E-state index contributed by atoms with van der Waals surface area (Å²) in [4.78, 5) is 21.8. The van der Waals surface area contributed by atoms with Crippen LogP contribution in [0.15, 0.2) is 77.4 Å². The number of amides is 1. The van der Waals surface area contributed by atoms with Gasteiger partial charge in [-0.15, -0.1) is 0 Å². The number of hydrogen-bond acceptors (Lipinski definition) is 5. The first-order valence-corrected chi connectivity index (χ1v) is 9.68. The third-order valence-corrected chi connectivity index (χ3v) is 4.61. The SMILES string of the molecule is CC(C)(C)c1noc(-c2ccccc2C(=O)Nc2ccc(-c3ccccc3)cn2)n1. The molecule has 0 saturated carbocycles. The number of aromatic nitrogens is 3. The minimum atomic E-state index is -0.291. The van der Waals surface area contributed by atoms with Crippen molar-refractivity contribution in [1.82, 2.24) is 15.1 Å². The number of hydrogen-bond donors (Lipinski definition) is 1. The van der Waals surface area contributed by atoms with E-state index < -0.39 is 0 Å². The van der Waals surface area contributed by atoms with Gasteiger partial charge in [0.05, 0.1) is 11.1 Å². The molecule has 6 nitrogen and oxygen atoms in total. The Bertz CT molecular complexity index is 1160. The van der Waals surface area contributed by atoms with E-state index in [0.29, 0.717) is 28.7 Å². The highest BCUT2D eigenvalue weighted by atomic mass is 16.5. The molecule has 30 heavy (non-hydrogen) atoms. The average molecular weight is 398 g/mol. The van der Waals surface area contributed by atoms with Gasteiger partial charge in [0, 0.05) is 17.2 Å². The van der Waals surface area contributed by atoms with Crippen LogP contribution in [-0.2, 0) is 5.41 Å². The van der Waals surface area contributed by atoms with Gasteiger partial charge in [0.15, 0.2) is 5.82 Å². The van der Waals surface area contributed by atoms with Gasteiger partial charge in [0.1, 0.15) is 5.82 Å². The van der Waals surface area contributed by atoms with E-state index in [9.17, 15) is 4.79 Å². The first-order chi connectivity index (χ1) is 14.4. The summed E-state index contributed by atoms with van der Waals surface area (Å²) in [5.41, 5.74) is 2.83. The van der Waals surface area contributed by atoms with Crippen molar-refractivity contribution in [1.29, 1.82) is 0 Å². The lowest BCUT2D eigenvalue weighted by molar-refractivity contribution is 0.102. The zero-order valence-corrected chi connectivity index (χ0v) is 17.1. The minimum absolute atomic E-state index is 0.247. The van der Waals surface area contributed by atoms with E-state index in [1.54, 1.807) is 30.5 Å². The maximum atomic E-state index is 12.9. The maximum Gasteiger partial charge on any atom is 0.258 e. The van der Waals surface area contributed by atoms with Crippen LogP contribution < -0.4 is 5.32 Å². The molecule has 0 aliphatic heterocycles. The molecule has 2 aromatic heterocycles. The second-order valence-electron chi connectivity index (χ2n) is 7.97. The lowest BCUT2D eigenvalue weighted by atomic mass is 9.96. The maximum absolute atomic E-state index is 12.9. The largest absolute Gasteiger partial charge is 0.334 e. The Morgan fingerprint density at radius 3 is 2.30 bits per heavy atom. The molecule has 1 N–H and O–H groups in total. The number of nitrogens with zero attached hydrogens (tertiary/aromatic N) is 3. The predicted molar refractivity (Wildman–Crippen MR) is 116 cm³/mol. The molecule has 0 atom stereocenters. The smallest absolute Gasteiger partial charge is 0.258 e. The Kier molecular flexibility index (Phi) is 5.14. The van der Waals surface area contributed by atoms with Gasteiger partial charge in [-0.3, -0.25) is 4.79 Å². The molecule has 0 aliphatic rings. The quantitative estimate of drug-likeness (QED) is 0.501. The van der Waals surface area contributed by atoms with E-state index >= 15 is 0 Å². The summed E-state index contributed by atoms with van der Waals surface area (Å²) in [6.07, 6.45) is 1.74. The first-order valence-electron chi connectivity index (χ1n) is 9.68. The van der Waals surface area contributed by atoms with Crippen LogP contribution in [0.25, 0.3) is 22.6 Å². The molecule has 4 rings (SSSR count). The summed E-state index contributed by atoms with van der Waals surface area (Å²) in [5.74, 6) is 1.08. The number of anilines is 1. The summed E-state index contributed by atoms with van der Waals surface area (Å²) in [6, 6.07) is 20.8. The fourth-order valence-corrected chi connectivity index (χ4v) is 2.96. The lowest BCUT2D eigenvalue weighted by Gasteiger charge is -2.11. The molecule has 0 aliphatic carbocycles. The summed E-state index contributed by atoms with van der Waals surface area (Å²) < 4.78 is 5.43. The number of rotatable bonds is 4. The molecule has 2 heterocycles. The van der Waals surface area contributed by atoms with E-state index in [0.717, 1.165) is 11.1 Å². The zero-order chi connectivity index (χ0) is 21.1. The van der Waals surface area contributed by atoms with Crippen LogP contribution in [0.4, 0.5) is 5.82 Å². The van der Waals surface area contributed by atoms with E-state index in [1.165, 1.54) is 0 Å². The second kappa shape index (κ2) is 7.91. The molecule has 0 spiro atoms. The van der Waals surface area contributed by atoms with Gasteiger partial charge < -0.3 is 9.84 Å². The van der Waals surface area contributed by atoms with Crippen molar-refractivity contribution in [2.75, 3.05) is 5.32 Å². The average Bonchev–Trinajstić information content (AvgIpc) is 3.26. The van der Waals surface area contributed by atoms with Crippen LogP contribution >= 0.6 is 0 Å². The van der Waals surface area contributed by atoms with E-state index in [4.69, 9.17) is 4.52 Å². The number of nitrogens with one attached hydrogen (secondary N) is 1. The van der Waals surface area contributed by atoms with Crippen molar-refractivity contribution in [3.05, 3.63) is 84.3 Å². The highest BCUT2D eigenvalue weighted by Crippen LogP contribution is 2.27. The molecular weight excluding hydrogens is 376 g/mol. The molecule has 4 aromatic rings. The van der Waals surface area contributed by atoms with Crippen LogP contribution in [0.2, 0.25) is 0 Å².